The van der Waals surface area contributed by atoms with E-state index in [1.165, 1.54) is 0 Å². The van der Waals surface area contributed by atoms with Crippen molar-refractivity contribution in [2.24, 2.45) is 11.5 Å². The van der Waals surface area contributed by atoms with Gasteiger partial charge in [0, 0.05) is 13.1 Å². The lowest BCUT2D eigenvalue weighted by Crippen LogP contribution is -2.39. The van der Waals surface area contributed by atoms with Crippen LogP contribution in [-0.2, 0) is 4.79 Å². The molecule has 64 valence electrons. The van der Waals surface area contributed by atoms with Gasteiger partial charge < -0.3 is 22.1 Å². The zero-order valence-electron chi connectivity index (χ0n) is 6.18. The molecule has 0 bridgehead atoms. The van der Waals surface area contributed by atoms with Crippen molar-refractivity contribution in [1.29, 1.82) is 5.41 Å². The highest BCUT2D eigenvalue weighted by atomic mass is 16.1. The molecule has 0 radical (unpaired) electrons. The van der Waals surface area contributed by atoms with E-state index in [-0.39, 0.29) is 18.4 Å². The van der Waals surface area contributed by atoms with Crippen LogP contribution in [0, 0.1) is 5.41 Å². The lowest BCUT2D eigenvalue weighted by Gasteiger charge is -2.04. The highest BCUT2D eigenvalue weighted by molar-refractivity contribution is 5.78. The van der Waals surface area contributed by atoms with Crippen LogP contribution in [0.15, 0.2) is 0 Å². The average molecular weight is 159 g/mol. The molecule has 0 aliphatic rings. The lowest BCUT2D eigenvalue weighted by molar-refractivity contribution is -0.119. The summed E-state index contributed by atoms with van der Waals surface area (Å²) in [5.41, 5.74) is 9.99. The highest BCUT2D eigenvalue weighted by Crippen LogP contribution is 1.59. The Morgan fingerprint density at radius 3 is 2.36 bits per heavy atom. The van der Waals surface area contributed by atoms with Crippen LogP contribution in [0.5, 0.6) is 0 Å². The summed E-state index contributed by atoms with van der Waals surface area (Å²) >= 11 is 0. The van der Waals surface area contributed by atoms with Gasteiger partial charge in [0.25, 0.3) is 0 Å². The van der Waals surface area contributed by atoms with Gasteiger partial charge in [-0.15, -0.1) is 0 Å². The lowest BCUT2D eigenvalue weighted by atomic mass is 10.5. The molecule has 6 nitrogen and oxygen atoms in total. The Balaban J connectivity index is 3.14. The third-order valence-electron chi connectivity index (χ3n) is 0.948. The molecule has 0 aliphatic carbocycles. The molecule has 0 aromatic rings. The van der Waals surface area contributed by atoms with Crippen molar-refractivity contribution in [2.45, 2.75) is 0 Å². The monoisotopic (exact) mass is 159 g/mol. The second-order valence-corrected chi connectivity index (χ2v) is 1.89. The topological polar surface area (TPSA) is 117 Å². The minimum Gasteiger partial charge on any atom is -0.370 e. The standard InChI is InChI=1S/C5H13N5O/c6-3-4(11)9-1-2-10-5(7)8/h1-3,6H2,(H,9,11)(H4,7,8,10). The second-order valence-electron chi connectivity index (χ2n) is 1.89. The van der Waals surface area contributed by atoms with E-state index in [9.17, 15) is 4.79 Å². The molecule has 0 rings (SSSR count). The van der Waals surface area contributed by atoms with Crippen molar-refractivity contribution in [1.82, 2.24) is 10.6 Å². The first kappa shape index (κ1) is 9.70. The van der Waals surface area contributed by atoms with Gasteiger partial charge in [-0.25, -0.2) is 0 Å². The van der Waals surface area contributed by atoms with E-state index in [0.717, 1.165) is 0 Å². The van der Waals surface area contributed by atoms with E-state index in [1.807, 2.05) is 0 Å². The Bertz CT molecular complexity index is 146. The molecule has 1 amide bonds. The molecule has 11 heavy (non-hydrogen) atoms. The normalized spacial score (nSPS) is 8.82. The van der Waals surface area contributed by atoms with Crippen LogP contribution < -0.4 is 22.1 Å². The molecule has 0 heterocycles. The first-order valence-electron chi connectivity index (χ1n) is 3.21. The number of amides is 1. The number of carbonyl (C=O) groups excluding carboxylic acids is 1. The van der Waals surface area contributed by atoms with Crippen LogP contribution >= 0.6 is 0 Å². The zero-order chi connectivity index (χ0) is 8.69. The van der Waals surface area contributed by atoms with Crippen LogP contribution in [0.1, 0.15) is 0 Å². The Labute approximate surface area is 64.8 Å². The fourth-order valence-corrected chi connectivity index (χ4v) is 0.471. The van der Waals surface area contributed by atoms with E-state index in [1.54, 1.807) is 0 Å². The Morgan fingerprint density at radius 2 is 1.91 bits per heavy atom. The predicted molar refractivity (Wildman–Crippen MR) is 42.0 cm³/mol. The number of carbonyl (C=O) groups is 1. The van der Waals surface area contributed by atoms with Crippen molar-refractivity contribution >= 4 is 11.9 Å². The van der Waals surface area contributed by atoms with Crippen LogP contribution in [0.4, 0.5) is 0 Å². The van der Waals surface area contributed by atoms with Gasteiger partial charge in [-0.2, -0.15) is 0 Å². The average Bonchev–Trinajstić information content (AvgIpc) is 1.97. The molecule has 0 saturated carbocycles. The third kappa shape index (κ3) is 6.59. The van der Waals surface area contributed by atoms with Gasteiger partial charge in [-0.3, -0.25) is 10.2 Å². The fourth-order valence-electron chi connectivity index (χ4n) is 0.471. The maximum Gasteiger partial charge on any atom is 0.233 e. The number of hydrogen-bond acceptors (Lipinski definition) is 3. The maximum atomic E-state index is 10.5. The number of hydrogen-bond donors (Lipinski definition) is 5. The molecule has 0 spiro atoms. The van der Waals surface area contributed by atoms with E-state index in [0.29, 0.717) is 13.1 Å². The largest absolute Gasteiger partial charge is 0.370 e. The molecular formula is C5H13N5O. The first-order chi connectivity index (χ1) is 5.16. The van der Waals surface area contributed by atoms with Gasteiger partial charge in [0.05, 0.1) is 6.54 Å². The van der Waals surface area contributed by atoms with Crippen molar-refractivity contribution in [2.75, 3.05) is 19.6 Å². The predicted octanol–water partition coefficient (Wildman–Crippen LogP) is -2.46. The second kappa shape index (κ2) is 5.48. The smallest absolute Gasteiger partial charge is 0.233 e. The molecule has 0 saturated heterocycles. The van der Waals surface area contributed by atoms with Crippen LogP contribution in [0.3, 0.4) is 0 Å². The molecule has 0 aromatic heterocycles. The van der Waals surface area contributed by atoms with Gasteiger partial charge in [0.15, 0.2) is 5.96 Å². The van der Waals surface area contributed by atoms with Gasteiger partial charge >= 0.3 is 0 Å². The molecule has 7 N–H and O–H groups in total. The minimum absolute atomic E-state index is 0.0138. The van der Waals surface area contributed by atoms with Crippen molar-refractivity contribution < 1.29 is 4.79 Å². The Morgan fingerprint density at radius 1 is 1.36 bits per heavy atom. The molecule has 0 fully saturated rings. The third-order valence-corrected chi connectivity index (χ3v) is 0.948. The number of rotatable bonds is 4. The van der Waals surface area contributed by atoms with E-state index >= 15 is 0 Å². The molecule has 0 unspecified atom stereocenters. The molecular weight excluding hydrogens is 146 g/mol. The SMILES string of the molecule is N=C(N)NCCNC(=O)CN. The molecule has 0 aromatic carbocycles. The van der Waals surface area contributed by atoms with Crippen molar-refractivity contribution in [3.63, 3.8) is 0 Å². The van der Waals surface area contributed by atoms with Gasteiger partial charge in [-0.1, -0.05) is 0 Å². The van der Waals surface area contributed by atoms with Gasteiger partial charge in [-0.05, 0) is 0 Å². The molecule has 6 heteroatoms. The summed E-state index contributed by atoms with van der Waals surface area (Å²) in [6, 6.07) is 0. The minimum atomic E-state index is -0.213. The van der Waals surface area contributed by atoms with Gasteiger partial charge in [0.1, 0.15) is 0 Å². The van der Waals surface area contributed by atoms with Crippen LogP contribution in [0.25, 0.3) is 0 Å². The summed E-state index contributed by atoms with van der Waals surface area (Å²) in [4.78, 5) is 10.5. The van der Waals surface area contributed by atoms with Crippen molar-refractivity contribution in [3.05, 3.63) is 0 Å². The van der Waals surface area contributed by atoms with E-state index in [4.69, 9.17) is 16.9 Å². The van der Waals surface area contributed by atoms with E-state index < -0.39 is 0 Å². The first-order valence-corrected chi connectivity index (χ1v) is 3.21. The van der Waals surface area contributed by atoms with E-state index in [2.05, 4.69) is 10.6 Å². The fraction of sp³-hybridized carbons (Fsp3) is 0.600. The summed E-state index contributed by atoms with van der Waals surface area (Å²) in [7, 11) is 0. The summed E-state index contributed by atoms with van der Waals surface area (Å²) < 4.78 is 0. The Hall–Kier alpha value is -1.30. The number of nitrogens with two attached hydrogens (primary N) is 2. The van der Waals surface area contributed by atoms with Gasteiger partial charge in [0.2, 0.25) is 5.91 Å². The van der Waals surface area contributed by atoms with Crippen LogP contribution in [-0.4, -0.2) is 31.5 Å². The Kier molecular flexibility index (Phi) is 4.83. The quantitative estimate of drug-likeness (QED) is 0.178. The van der Waals surface area contributed by atoms with Crippen molar-refractivity contribution in [3.8, 4) is 0 Å². The number of guanidine groups is 1. The molecule has 0 atom stereocenters. The summed E-state index contributed by atoms with van der Waals surface area (Å²) in [5, 5.41) is 11.8. The highest BCUT2D eigenvalue weighted by Gasteiger charge is 1.94. The number of nitrogens with one attached hydrogen (secondary N) is 3. The summed E-state index contributed by atoms with van der Waals surface area (Å²) in [5.74, 6) is -0.317. The van der Waals surface area contributed by atoms with Crippen LogP contribution in [0.2, 0.25) is 0 Å². The maximum absolute atomic E-state index is 10.5. The summed E-state index contributed by atoms with van der Waals surface area (Å²) in [6.07, 6.45) is 0. The zero-order valence-corrected chi connectivity index (χ0v) is 6.18. The molecule has 0 aliphatic heterocycles. The summed E-state index contributed by atoms with van der Waals surface area (Å²) in [6.45, 7) is 0.858.